The largest absolute Gasteiger partial charge is 0.392 e. The summed E-state index contributed by atoms with van der Waals surface area (Å²) in [6, 6.07) is 9.31. The maximum atomic E-state index is 13.0. The molecular formula is C15H11ClFNO3S. The first-order valence-electron chi connectivity index (χ1n) is 6.35. The van der Waals surface area contributed by atoms with Gasteiger partial charge in [0, 0.05) is 22.2 Å². The van der Waals surface area contributed by atoms with E-state index in [0.29, 0.717) is 21.5 Å². The second-order valence-electron chi connectivity index (χ2n) is 4.73. The second kappa shape index (κ2) is 5.39. The van der Waals surface area contributed by atoms with Crippen LogP contribution in [0.1, 0.15) is 5.56 Å². The fourth-order valence-electron chi connectivity index (χ4n) is 2.28. The van der Waals surface area contributed by atoms with E-state index in [-0.39, 0.29) is 11.5 Å². The highest BCUT2D eigenvalue weighted by Crippen LogP contribution is 2.28. The molecule has 0 saturated heterocycles. The lowest BCUT2D eigenvalue weighted by Gasteiger charge is -2.07. The van der Waals surface area contributed by atoms with Crippen molar-refractivity contribution in [1.29, 1.82) is 0 Å². The van der Waals surface area contributed by atoms with Gasteiger partial charge in [-0.3, -0.25) is 0 Å². The zero-order chi connectivity index (χ0) is 15.9. The Kier molecular flexibility index (Phi) is 3.68. The molecule has 2 aromatic carbocycles. The molecule has 1 N–H and O–H groups in total. The van der Waals surface area contributed by atoms with Crippen molar-refractivity contribution in [3.63, 3.8) is 0 Å². The van der Waals surface area contributed by atoms with E-state index in [1.54, 1.807) is 18.2 Å². The molecule has 0 aliphatic carbocycles. The Morgan fingerprint density at radius 3 is 2.45 bits per heavy atom. The van der Waals surface area contributed by atoms with Crippen LogP contribution in [0, 0.1) is 5.82 Å². The van der Waals surface area contributed by atoms with Crippen molar-refractivity contribution in [2.75, 3.05) is 0 Å². The molecule has 0 aliphatic heterocycles. The van der Waals surface area contributed by atoms with Crippen LogP contribution in [0.15, 0.2) is 53.6 Å². The monoisotopic (exact) mass is 339 g/mol. The van der Waals surface area contributed by atoms with Crippen LogP contribution in [-0.4, -0.2) is 17.5 Å². The van der Waals surface area contributed by atoms with Gasteiger partial charge in [-0.2, -0.15) is 0 Å². The smallest absolute Gasteiger partial charge is 0.268 e. The van der Waals surface area contributed by atoms with Crippen molar-refractivity contribution in [3.8, 4) is 0 Å². The van der Waals surface area contributed by atoms with Crippen LogP contribution in [0.4, 0.5) is 4.39 Å². The van der Waals surface area contributed by atoms with Gasteiger partial charge in [0.25, 0.3) is 10.0 Å². The fraction of sp³-hybridized carbons (Fsp3) is 0.0667. The molecule has 0 fully saturated rings. The fourth-order valence-corrected chi connectivity index (χ4v) is 3.85. The van der Waals surface area contributed by atoms with Gasteiger partial charge in [0.15, 0.2) is 0 Å². The van der Waals surface area contributed by atoms with Crippen LogP contribution in [-0.2, 0) is 16.6 Å². The van der Waals surface area contributed by atoms with E-state index >= 15 is 0 Å². The summed E-state index contributed by atoms with van der Waals surface area (Å²) >= 11 is 5.92. The Morgan fingerprint density at radius 1 is 1.14 bits per heavy atom. The van der Waals surface area contributed by atoms with Crippen LogP contribution in [0.3, 0.4) is 0 Å². The van der Waals surface area contributed by atoms with E-state index in [0.717, 1.165) is 16.1 Å². The first-order chi connectivity index (χ1) is 10.4. The molecule has 0 saturated carbocycles. The van der Waals surface area contributed by atoms with Gasteiger partial charge in [-0.15, -0.1) is 0 Å². The lowest BCUT2D eigenvalue weighted by molar-refractivity contribution is 0.283. The summed E-state index contributed by atoms with van der Waals surface area (Å²) in [6.45, 7) is -0.317. The van der Waals surface area contributed by atoms with Gasteiger partial charge in [-0.05, 0) is 42.5 Å². The number of rotatable bonds is 3. The number of aliphatic hydroxyl groups is 1. The van der Waals surface area contributed by atoms with Crippen LogP contribution in [0.2, 0.25) is 5.02 Å². The molecule has 7 heteroatoms. The van der Waals surface area contributed by atoms with Crippen molar-refractivity contribution in [2.45, 2.75) is 11.5 Å². The minimum Gasteiger partial charge on any atom is -0.392 e. The van der Waals surface area contributed by atoms with Gasteiger partial charge in [0.2, 0.25) is 0 Å². The Labute approximate surface area is 131 Å². The Balaban J connectivity index is 2.27. The predicted octanol–water partition coefficient (Wildman–Crippen LogP) is 3.16. The van der Waals surface area contributed by atoms with Crippen molar-refractivity contribution in [2.24, 2.45) is 0 Å². The quantitative estimate of drug-likeness (QED) is 0.797. The Bertz CT molecular complexity index is 949. The number of aromatic nitrogens is 1. The molecule has 0 amide bonds. The number of aliphatic hydroxyl groups excluding tert-OH is 1. The highest BCUT2D eigenvalue weighted by Gasteiger charge is 2.21. The Hall–Kier alpha value is -1.89. The second-order valence-corrected chi connectivity index (χ2v) is 6.98. The maximum absolute atomic E-state index is 13.0. The molecule has 22 heavy (non-hydrogen) atoms. The van der Waals surface area contributed by atoms with E-state index in [4.69, 9.17) is 11.6 Å². The summed E-state index contributed by atoms with van der Waals surface area (Å²) in [5, 5.41) is 10.4. The Morgan fingerprint density at radius 2 is 1.82 bits per heavy atom. The number of benzene rings is 2. The molecule has 1 aromatic heterocycles. The molecule has 0 spiro atoms. The third-order valence-corrected chi connectivity index (χ3v) is 5.28. The van der Waals surface area contributed by atoms with Crippen LogP contribution in [0.5, 0.6) is 0 Å². The van der Waals surface area contributed by atoms with Crippen molar-refractivity contribution in [3.05, 3.63) is 65.1 Å². The summed E-state index contributed by atoms with van der Waals surface area (Å²) in [7, 11) is -3.89. The first kappa shape index (κ1) is 15.0. The van der Waals surface area contributed by atoms with Gasteiger partial charge < -0.3 is 5.11 Å². The lowest BCUT2D eigenvalue weighted by Crippen LogP contribution is -2.11. The maximum Gasteiger partial charge on any atom is 0.268 e. The van der Waals surface area contributed by atoms with Crippen LogP contribution < -0.4 is 0 Å². The summed E-state index contributed by atoms with van der Waals surface area (Å²) < 4.78 is 39.4. The minimum atomic E-state index is -3.89. The zero-order valence-electron chi connectivity index (χ0n) is 11.2. The highest BCUT2D eigenvalue weighted by molar-refractivity contribution is 7.90. The molecule has 4 nitrogen and oxygen atoms in total. The number of hydrogen-bond donors (Lipinski definition) is 1. The van der Waals surface area contributed by atoms with Gasteiger partial charge in [0.05, 0.1) is 17.0 Å². The molecule has 0 bridgehead atoms. The van der Waals surface area contributed by atoms with Crippen LogP contribution in [0.25, 0.3) is 10.9 Å². The van der Waals surface area contributed by atoms with Crippen molar-refractivity contribution < 1.29 is 17.9 Å². The number of nitrogens with zero attached hydrogens (tertiary/aromatic N) is 1. The van der Waals surface area contributed by atoms with E-state index in [2.05, 4.69) is 0 Å². The zero-order valence-corrected chi connectivity index (χ0v) is 12.8. The third-order valence-electron chi connectivity index (χ3n) is 3.36. The molecule has 0 atom stereocenters. The predicted molar refractivity (Wildman–Crippen MR) is 81.9 cm³/mol. The molecule has 3 aromatic rings. The third kappa shape index (κ3) is 2.39. The summed E-state index contributed by atoms with van der Waals surface area (Å²) in [5.41, 5.74) is 0.848. The van der Waals surface area contributed by atoms with Gasteiger partial charge in [0.1, 0.15) is 5.82 Å². The summed E-state index contributed by atoms with van der Waals surface area (Å²) in [4.78, 5) is -0.0368. The van der Waals surface area contributed by atoms with Crippen molar-refractivity contribution >= 4 is 32.5 Å². The first-order valence-corrected chi connectivity index (χ1v) is 8.17. The average Bonchev–Trinajstić information content (AvgIpc) is 2.86. The number of halogens is 2. The topological polar surface area (TPSA) is 59.3 Å². The van der Waals surface area contributed by atoms with Gasteiger partial charge in [-0.1, -0.05) is 11.6 Å². The lowest BCUT2D eigenvalue weighted by atomic mass is 10.2. The SMILES string of the molecule is O=S(=O)(c1ccc(F)cc1)n1cc(CO)c2cc(Cl)ccc21. The number of fused-ring (bicyclic) bond motifs is 1. The van der Waals surface area contributed by atoms with E-state index in [1.807, 2.05) is 0 Å². The van der Waals surface area contributed by atoms with E-state index in [1.165, 1.54) is 18.3 Å². The van der Waals surface area contributed by atoms with E-state index < -0.39 is 15.8 Å². The van der Waals surface area contributed by atoms with E-state index in [9.17, 15) is 17.9 Å². The molecule has 0 radical (unpaired) electrons. The van der Waals surface area contributed by atoms with Crippen molar-refractivity contribution in [1.82, 2.24) is 3.97 Å². The average molecular weight is 340 g/mol. The number of hydrogen-bond acceptors (Lipinski definition) is 3. The molecule has 3 rings (SSSR count). The van der Waals surface area contributed by atoms with Crippen LogP contribution >= 0.6 is 11.6 Å². The molecule has 1 heterocycles. The standard InChI is InChI=1S/C15H11ClFNO3S/c16-11-1-6-15-14(7-11)10(9-19)8-18(15)22(20,21)13-4-2-12(17)3-5-13/h1-8,19H,9H2. The highest BCUT2D eigenvalue weighted by atomic mass is 35.5. The summed E-state index contributed by atoms with van der Waals surface area (Å²) in [5.74, 6) is -0.515. The summed E-state index contributed by atoms with van der Waals surface area (Å²) in [6.07, 6.45) is 1.35. The molecule has 0 unspecified atom stereocenters. The van der Waals surface area contributed by atoms with Gasteiger partial charge >= 0.3 is 0 Å². The molecule has 0 aliphatic rings. The van der Waals surface area contributed by atoms with Gasteiger partial charge in [-0.25, -0.2) is 16.8 Å². The minimum absolute atomic E-state index is 0.0368. The molecular weight excluding hydrogens is 329 g/mol. The molecule has 114 valence electrons. The normalized spacial score (nSPS) is 12.0.